The molecule has 0 aliphatic rings. The van der Waals surface area contributed by atoms with Crippen LogP contribution in [0.1, 0.15) is 16.7 Å². The van der Waals surface area contributed by atoms with Crippen LogP contribution in [0.5, 0.6) is 5.75 Å². The highest BCUT2D eigenvalue weighted by Crippen LogP contribution is 2.31. The van der Waals surface area contributed by atoms with E-state index in [4.69, 9.17) is 4.74 Å². The van der Waals surface area contributed by atoms with Crippen LogP contribution in [-0.4, -0.2) is 12.1 Å². The maximum Gasteiger partial charge on any atom is 0.419 e. The molecule has 2 nitrogen and oxygen atoms in total. The zero-order chi connectivity index (χ0) is 15.5. The van der Waals surface area contributed by atoms with E-state index in [1.807, 2.05) is 0 Å². The van der Waals surface area contributed by atoms with Gasteiger partial charge < -0.3 is 4.74 Å². The summed E-state index contributed by atoms with van der Waals surface area (Å²) in [4.78, 5) is 3.87. The number of rotatable bonds is 1. The molecule has 0 aliphatic heterocycles. The van der Waals surface area contributed by atoms with E-state index < -0.39 is 17.6 Å². The van der Waals surface area contributed by atoms with Crippen molar-refractivity contribution < 1.29 is 22.3 Å². The van der Waals surface area contributed by atoms with E-state index >= 15 is 0 Å². The second-order valence-corrected chi connectivity index (χ2v) is 4.06. The molecule has 0 saturated heterocycles. The Morgan fingerprint density at radius 1 is 1.05 bits per heavy atom. The molecule has 0 amide bonds. The zero-order valence-electron chi connectivity index (χ0n) is 10.8. The van der Waals surface area contributed by atoms with Crippen LogP contribution in [0, 0.1) is 17.7 Å². The Hall–Kier alpha value is -2.55. The Morgan fingerprint density at radius 3 is 2.43 bits per heavy atom. The molecule has 0 radical (unpaired) electrons. The second-order valence-electron chi connectivity index (χ2n) is 4.06. The molecule has 1 heterocycles. The van der Waals surface area contributed by atoms with Crippen molar-refractivity contribution in [2.24, 2.45) is 0 Å². The van der Waals surface area contributed by atoms with E-state index in [2.05, 4.69) is 16.8 Å². The fraction of sp³-hybridized carbons (Fsp3) is 0.133. The first kappa shape index (κ1) is 14.9. The largest absolute Gasteiger partial charge is 0.495 e. The van der Waals surface area contributed by atoms with Gasteiger partial charge in [0.15, 0.2) is 0 Å². The van der Waals surface area contributed by atoms with Gasteiger partial charge in [0, 0.05) is 17.3 Å². The number of methoxy groups -OCH3 is 1. The Balaban J connectivity index is 2.35. The molecular weight excluding hydrogens is 286 g/mol. The fourth-order valence-electron chi connectivity index (χ4n) is 1.56. The number of hydrogen-bond donors (Lipinski definition) is 0. The van der Waals surface area contributed by atoms with Crippen molar-refractivity contribution in [3.05, 3.63) is 59.2 Å². The van der Waals surface area contributed by atoms with Gasteiger partial charge >= 0.3 is 6.18 Å². The monoisotopic (exact) mass is 295 g/mol. The van der Waals surface area contributed by atoms with Crippen molar-refractivity contribution in [1.82, 2.24) is 4.98 Å². The summed E-state index contributed by atoms with van der Waals surface area (Å²) in [6.45, 7) is 0. The molecule has 2 aromatic rings. The smallest absolute Gasteiger partial charge is 0.419 e. The van der Waals surface area contributed by atoms with Gasteiger partial charge in [-0.05, 0) is 24.3 Å². The molecule has 0 fully saturated rings. The first-order valence-corrected chi connectivity index (χ1v) is 5.78. The lowest BCUT2D eigenvalue weighted by Gasteiger charge is -2.07. The molecule has 0 atom stereocenters. The van der Waals surface area contributed by atoms with E-state index in [1.54, 1.807) is 6.07 Å². The third-order valence-corrected chi connectivity index (χ3v) is 2.57. The Morgan fingerprint density at radius 2 is 1.76 bits per heavy atom. The third kappa shape index (κ3) is 3.72. The van der Waals surface area contributed by atoms with Crippen LogP contribution in [0.25, 0.3) is 0 Å². The van der Waals surface area contributed by atoms with Crippen LogP contribution in [0.3, 0.4) is 0 Å². The van der Waals surface area contributed by atoms with Gasteiger partial charge in [-0.15, -0.1) is 0 Å². The van der Waals surface area contributed by atoms with E-state index in [0.29, 0.717) is 17.4 Å². The predicted molar refractivity (Wildman–Crippen MR) is 68.2 cm³/mol. The van der Waals surface area contributed by atoms with Crippen LogP contribution >= 0.6 is 0 Å². The molecule has 0 aliphatic carbocycles. The molecule has 0 saturated carbocycles. The molecule has 1 aromatic carbocycles. The molecule has 2 rings (SSSR count). The first-order valence-electron chi connectivity index (χ1n) is 5.78. The summed E-state index contributed by atoms with van der Waals surface area (Å²) in [6.07, 6.45) is -1.83. The summed E-state index contributed by atoms with van der Waals surface area (Å²) in [7, 11) is 1.46. The average molecular weight is 295 g/mol. The molecule has 0 unspecified atom stereocenters. The maximum atomic E-state index is 13.1. The number of alkyl halides is 3. The maximum absolute atomic E-state index is 13.1. The first-order chi connectivity index (χ1) is 9.90. The van der Waals surface area contributed by atoms with Crippen LogP contribution in [0.2, 0.25) is 0 Å². The summed E-state index contributed by atoms with van der Waals surface area (Å²) in [5.41, 5.74) is -0.795. The van der Waals surface area contributed by atoms with Gasteiger partial charge in [-0.1, -0.05) is 11.8 Å². The van der Waals surface area contributed by atoms with Gasteiger partial charge in [-0.2, -0.15) is 13.2 Å². The van der Waals surface area contributed by atoms with Crippen molar-refractivity contribution in [2.75, 3.05) is 7.11 Å². The second kappa shape index (κ2) is 5.83. The SMILES string of the molecule is COc1cncc(C#Cc2ccc(F)c(C(F)(F)F)c2)c1. The number of aromatic nitrogens is 1. The van der Waals surface area contributed by atoms with Gasteiger partial charge in [0.1, 0.15) is 11.6 Å². The van der Waals surface area contributed by atoms with Crippen LogP contribution in [0.15, 0.2) is 36.7 Å². The summed E-state index contributed by atoms with van der Waals surface area (Å²) in [6, 6.07) is 4.20. The minimum absolute atomic E-state index is 0.0616. The summed E-state index contributed by atoms with van der Waals surface area (Å²) < 4.78 is 55.8. The lowest BCUT2D eigenvalue weighted by atomic mass is 10.1. The number of benzene rings is 1. The molecule has 0 N–H and O–H groups in total. The van der Waals surface area contributed by atoms with Crippen molar-refractivity contribution in [2.45, 2.75) is 6.18 Å². The highest BCUT2D eigenvalue weighted by atomic mass is 19.4. The van der Waals surface area contributed by atoms with E-state index in [-0.39, 0.29) is 5.56 Å². The van der Waals surface area contributed by atoms with Crippen molar-refractivity contribution in [3.8, 4) is 17.6 Å². The highest BCUT2D eigenvalue weighted by Gasteiger charge is 2.34. The number of ether oxygens (including phenoxy) is 1. The Kier molecular flexibility index (Phi) is 4.13. The molecular formula is C15H9F4NO. The average Bonchev–Trinajstić information content (AvgIpc) is 2.45. The molecule has 0 bridgehead atoms. The van der Waals surface area contributed by atoms with Crippen LogP contribution in [-0.2, 0) is 6.18 Å². The van der Waals surface area contributed by atoms with Gasteiger partial charge in [0.2, 0.25) is 0 Å². The topological polar surface area (TPSA) is 22.1 Å². The Labute approximate surface area is 118 Å². The van der Waals surface area contributed by atoms with Crippen molar-refractivity contribution >= 4 is 0 Å². The number of nitrogens with zero attached hydrogens (tertiary/aromatic N) is 1. The van der Waals surface area contributed by atoms with Crippen molar-refractivity contribution in [3.63, 3.8) is 0 Å². The normalized spacial score (nSPS) is 10.7. The summed E-state index contributed by atoms with van der Waals surface area (Å²) in [5.74, 6) is 4.35. The molecule has 0 spiro atoms. The quantitative estimate of drug-likeness (QED) is 0.592. The van der Waals surface area contributed by atoms with Gasteiger partial charge in [-0.3, -0.25) is 4.98 Å². The molecule has 6 heteroatoms. The van der Waals surface area contributed by atoms with Gasteiger partial charge in [0.25, 0.3) is 0 Å². The standard InChI is InChI=1S/C15H9F4NO/c1-21-12-6-11(8-20-9-12)3-2-10-4-5-14(16)13(7-10)15(17,18)19/h4-9H,1H3. The minimum atomic E-state index is -4.75. The van der Waals surface area contributed by atoms with E-state index in [1.165, 1.54) is 25.6 Å². The summed E-state index contributed by atoms with van der Waals surface area (Å²) >= 11 is 0. The lowest BCUT2D eigenvalue weighted by Crippen LogP contribution is -2.08. The number of hydrogen-bond acceptors (Lipinski definition) is 2. The Bertz CT molecular complexity index is 714. The summed E-state index contributed by atoms with van der Waals surface area (Å²) in [5, 5.41) is 0. The van der Waals surface area contributed by atoms with E-state index in [9.17, 15) is 17.6 Å². The number of pyridine rings is 1. The molecule has 108 valence electrons. The van der Waals surface area contributed by atoms with Crippen molar-refractivity contribution in [1.29, 1.82) is 0 Å². The minimum Gasteiger partial charge on any atom is -0.495 e. The molecule has 1 aromatic heterocycles. The highest BCUT2D eigenvalue weighted by molar-refractivity contribution is 5.45. The third-order valence-electron chi connectivity index (χ3n) is 2.57. The number of halogens is 4. The lowest BCUT2D eigenvalue weighted by molar-refractivity contribution is -0.140. The van der Waals surface area contributed by atoms with Gasteiger partial charge in [0.05, 0.1) is 18.9 Å². The van der Waals surface area contributed by atoms with Gasteiger partial charge in [-0.25, -0.2) is 4.39 Å². The predicted octanol–water partition coefficient (Wildman–Crippen LogP) is 3.65. The van der Waals surface area contributed by atoms with Crippen LogP contribution in [0.4, 0.5) is 17.6 Å². The van der Waals surface area contributed by atoms with E-state index in [0.717, 1.165) is 6.07 Å². The fourth-order valence-corrected chi connectivity index (χ4v) is 1.56. The molecule has 21 heavy (non-hydrogen) atoms. The van der Waals surface area contributed by atoms with Crippen LogP contribution < -0.4 is 4.74 Å². The zero-order valence-corrected chi connectivity index (χ0v) is 10.8.